The molecule has 1 unspecified atom stereocenters. The Morgan fingerprint density at radius 1 is 1.21 bits per heavy atom. The van der Waals surface area contributed by atoms with Crippen LogP contribution in [0.4, 0.5) is 4.39 Å². The van der Waals surface area contributed by atoms with E-state index in [1.165, 1.54) is 43.1 Å². The van der Waals surface area contributed by atoms with E-state index < -0.39 is 0 Å². The zero-order valence-electron chi connectivity index (χ0n) is 17.0. The highest BCUT2D eigenvalue weighted by Gasteiger charge is 2.26. The lowest BCUT2D eigenvalue weighted by Gasteiger charge is -2.31. The molecular weight excluding hydrogens is 355 g/mol. The summed E-state index contributed by atoms with van der Waals surface area (Å²) in [5.41, 5.74) is 1.00. The predicted octanol–water partition coefficient (Wildman–Crippen LogP) is 3.86. The Kier molecular flexibility index (Phi) is 7.26. The Labute approximate surface area is 167 Å². The predicted molar refractivity (Wildman–Crippen MR) is 108 cm³/mol. The van der Waals surface area contributed by atoms with Crippen molar-refractivity contribution in [3.63, 3.8) is 0 Å². The van der Waals surface area contributed by atoms with Crippen LogP contribution in [0.5, 0.6) is 0 Å². The molecule has 1 aromatic carbocycles. The van der Waals surface area contributed by atoms with E-state index in [0.717, 1.165) is 24.3 Å². The molecule has 1 fully saturated rings. The fourth-order valence-electron chi connectivity index (χ4n) is 3.99. The van der Waals surface area contributed by atoms with Gasteiger partial charge < -0.3 is 14.6 Å². The minimum atomic E-state index is -0.192. The molecule has 1 saturated carbocycles. The van der Waals surface area contributed by atoms with Gasteiger partial charge in [-0.2, -0.15) is 0 Å². The first-order valence-electron chi connectivity index (χ1n) is 10.5. The SMILES string of the molecule is CC[C@@H](C)NC(=O)c1ccc(C[NH+](Cc2cccc(F)c2)C2CCCCC2)o1. The van der Waals surface area contributed by atoms with Gasteiger partial charge in [0.25, 0.3) is 5.91 Å². The number of benzene rings is 1. The molecule has 2 aromatic rings. The van der Waals surface area contributed by atoms with Gasteiger partial charge in [-0.25, -0.2) is 4.39 Å². The summed E-state index contributed by atoms with van der Waals surface area (Å²) in [6.45, 7) is 5.49. The van der Waals surface area contributed by atoms with E-state index in [4.69, 9.17) is 4.42 Å². The van der Waals surface area contributed by atoms with Gasteiger partial charge in [-0.15, -0.1) is 0 Å². The smallest absolute Gasteiger partial charge is 0.287 e. The first-order chi connectivity index (χ1) is 13.5. The highest BCUT2D eigenvalue weighted by Crippen LogP contribution is 2.17. The van der Waals surface area contributed by atoms with Crippen molar-refractivity contribution in [1.82, 2.24) is 5.32 Å². The molecule has 5 heteroatoms. The van der Waals surface area contributed by atoms with Crippen molar-refractivity contribution < 1.29 is 18.5 Å². The Balaban J connectivity index is 1.71. The van der Waals surface area contributed by atoms with Gasteiger partial charge in [-0.3, -0.25) is 4.79 Å². The second-order valence-electron chi connectivity index (χ2n) is 8.03. The van der Waals surface area contributed by atoms with Crippen LogP contribution < -0.4 is 10.2 Å². The number of quaternary nitrogens is 1. The molecule has 1 heterocycles. The van der Waals surface area contributed by atoms with Gasteiger partial charge in [0.2, 0.25) is 0 Å². The zero-order chi connectivity index (χ0) is 19.9. The summed E-state index contributed by atoms with van der Waals surface area (Å²) in [5, 5.41) is 2.94. The summed E-state index contributed by atoms with van der Waals surface area (Å²) in [5.74, 6) is 0.822. The largest absolute Gasteiger partial charge is 0.450 e. The average Bonchev–Trinajstić information content (AvgIpc) is 3.17. The lowest BCUT2D eigenvalue weighted by molar-refractivity contribution is -0.954. The maximum Gasteiger partial charge on any atom is 0.287 e. The fourth-order valence-corrected chi connectivity index (χ4v) is 3.99. The minimum absolute atomic E-state index is 0.124. The molecule has 1 aromatic heterocycles. The van der Waals surface area contributed by atoms with E-state index in [9.17, 15) is 9.18 Å². The van der Waals surface area contributed by atoms with Gasteiger partial charge in [0.05, 0.1) is 6.04 Å². The molecule has 1 aliphatic rings. The summed E-state index contributed by atoms with van der Waals surface area (Å²) in [6.07, 6.45) is 7.05. The molecule has 0 spiro atoms. The summed E-state index contributed by atoms with van der Waals surface area (Å²) < 4.78 is 19.5. The summed E-state index contributed by atoms with van der Waals surface area (Å²) in [4.78, 5) is 13.7. The number of carbonyl (C=O) groups excluding carboxylic acids is 1. The molecule has 2 N–H and O–H groups in total. The van der Waals surface area contributed by atoms with Crippen LogP contribution in [-0.4, -0.2) is 18.0 Å². The molecule has 4 nitrogen and oxygen atoms in total. The number of amides is 1. The quantitative estimate of drug-likeness (QED) is 0.722. The van der Waals surface area contributed by atoms with E-state index >= 15 is 0 Å². The van der Waals surface area contributed by atoms with Crippen LogP contribution in [-0.2, 0) is 13.1 Å². The van der Waals surface area contributed by atoms with Crippen molar-refractivity contribution >= 4 is 5.91 Å². The third-order valence-electron chi connectivity index (χ3n) is 5.78. The Hall–Kier alpha value is -2.14. The van der Waals surface area contributed by atoms with Crippen LogP contribution in [0.15, 0.2) is 40.8 Å². The first-order valence-corrected chi connectivity index (χ1v) is 10.5. The van der Waals surface area contributed by atoms with Crippen molar-refractivity contribution in [2.75, 3.05) is 0 Å². The molecule has 0 aliphatic heterocycles. The van der Waals surface area contributed by atoms with E-state index in [-0.39, 0.29) is 17.8 Å². The Bertz CT molecular complexity index is 767. The highest BCUT2D eigenvalue weighted by molar-refractivity contribution is 5.91. The van der Waals surface area contributed by atoms with E-state index in [1.807, 2.05) is 26.0 Å². The van der Waals surface area contributed by atoms with Crippen LogP contribution >= 0.6 is 0 Å². The Morgan fingerprint density at radius 3 is 2.71 bits per heavy atom. The molecule has 152 valence electrons. The number of carbonyl (C=O) groups is 1. The number of furan rings is 1. The zero-order valence-corrected chi connectivity index (χ0v) is 17.0. The summed E-state index contributed by atoms with van der Waals surface area (Å²) in [6, 6.07) is 11.2. The van der Waals surface area contributed by atoms with E-state index in [0.29, 0.717) is 18.3 Å². The normalized spacial score (nSPS) is 17.2. The lowest BCUT2D eigenvalue weighted by atomic mass is 9.93. The van der Waals surface area contributed by atoms with Crippen LogP contribution in [0.2, 0.25) is 0 Å². The molecule has 0 saturated heterocycles. The van der Waals surface area contributed by atoms with Gasteiger partial charge >= 0.3 is 0 Å². The average molecular weight is 388 g/mol. The molecule has 2 atom stereocenters. The number of hydrogen-bond donors (Lipinski definition) is 2. The molecule has 1 amide bonds. The number of hydrogen-bond acceptors (Lipinski definition) is 2. The molecule has 3 rings (SSSR count). The molecule has 28 heavy (non-hydrogen) atoms. The van der Waals surface area contributed by atoms with Gasteiger partial charge in [-0.1, -0.05) is 25.5 Å². The van der Waals surface area contributed by atoms with Crippen LogP contribution in [0, 0.1) is 5.82 Å². The fraction of sp³-hybridized carbons (Fsp3) is 0.522. The first kappa shape index (κ1) is 20.6. The van der Waals surface area contributed by atoms with E-state index in [2.05, 4.69) is 5.32 Å². The third kappa shape index (κ3) is 5.68. The summed E-state index contributed by atoms with van der Waals surface area (Å²) in [7, 11) is 0. The monoisotopic (exact) mass is 387 g/mol. The van der Waals surface area contributed by atoms with Gasteiger partial charge in [-0.05, 0) is 63.3 Å². The van der Waals surface area contributed by atoms with Crippen LogP contribution in [0.25, 0.3) is 0 Å². The topological polar surface area (TPSA) is 46.7 Å². The lowest BCUT2D eigenvalue weighted by Crippen LogP contribution is -3.13. The van der Waals surface area contributed by atoms with Crippen LogP contribution in [0.1, 0.15) is 74.3 Å². The van der Waals surface area contributed by atoms with Gasteiger partial charge in [0.15, 0.2) is 11.5 Å². The number of halogens is 1. The number of rotatable bonds is 8. The van der Waals surface area contributed by atoms with E-state index in [1.54, 1.807) is 18.2 Å². The summed E-state index contributed by atoms with van der Waals surface area (Å²) >= 11 is 0. The van der Waals surface area contributed by atoms with Gasteiger partial charge in [0.1, 0.15) is 18.9 Å². The van der Waals surface area contributed by atoms with Gasteiger partial charge in [0, 0.05) is 11.6 Å². The second kappa shape index (κ2) is 9.87. The molecule has 1 aliphatic carbocycles. The van der Waals surface area contributed by atoms with Crippen molar-refractivity contribution in [1.29, 1.82) is 0 Å². The molecule has 0 radical (unpaired) electrons. The van der Waals surface area contributed by atoms with Crippen molar-refractivity contribution in [2.45, 2.75) is 77.5 Å². The number of nitrogens with one attached hydrogen (secondary N) is 2. The minimum Gasteiger partial charge on any atom is -0.450 e. The maximum atomic E-state index is 13.6. The third-order valence-corrected chi connectivity index (χ3v) is 5.78. The molecular formula is C23H32FN2O2+. The van der Waals surface area contributed by atoms with Crippen molar-refractivity contribution in [3.8, 4) is 0 Å². The molecule has 0 bridgehead atoms. The van der Waals surface area contributed by atoms with Crippen molar-refractivity contribution in [3.05, 3.63) is 59.3 Å². The Morgan fingerprint density at radius 2 is 2.00 bits per heavy atom. The standard InChI is InChI=1S/C23H31FN2O2/c1-3-17(2)25-23(27)22-13-12-21(28-22)16-26(20-10-5-4-6-11-20)15-18-8-7-9-19(24)14-18/h7-9,12-14,17,20H,3-6,10-11,15-16H2,1-2H3,(H,25,27)/p+1/t17-/m1/s1. The maximum absolute atomic E-state index is 13.6. The van der Waals surface area contributed by atoms with Crippen molar-refractivity contribution in [2.24, 2.45) is 0 Å². The van der Waals surface area contributed by atoms with Crippen LogP contribution in [0.3, 0.4) is 0 Å². The highest BCUT2D eigenvalue weighted by atomic mass is 19.1. The second-order valence-corrected chi connectivity index (χ2v) is 8.03.